The summed E-state index contributed by atoms with van der Waals surface area (Å²) in [5, 5.41) is 25.1. The first kappa shape index (κ1) is 19.2. The summed E-state index contributed by atoms with van der Waals surface area (Å²) < 4.78 is 4.90. The zero-order valence-corrected chi connectivity index (χ0v) is 15.4. The summed E-state index contributed by atoms with van der Waals surface area (Å²) in [5.41, 5.74) is 3.79. The molecule has 28 heavy (non-hydrogen) atoms. The molecule has 1 aromatic heterocycles. The molecule has 0 saturated heterocycles. The number of nitrogens with zero attached hydrogens (tertiary/aromatic N) is 3. The Kier molecular flexibility index (Phi) is 5.75. The zero-order chi connectivity index (χ0) is 20.1. The molecule has 10 nitrogen and oxygen atoms in total. The second-order valence-corrected chi connectivity index (χ2v) is 6.45. The summed E-state index contributed by atoms with van der Waals surface area (Å²) in [5.74, 6) is -0.934. The van der Waals surface area contributed by atoms with Gasteiger partial charge in [0.2, 0.25) is 5.75 Å². The standard InChI is InChI=1S/C17H15N5O5S/c1-27-14-7-10(6-13(16(14)24)22(25)26)8-18-21-15(23)9-28-17-19-11-4-2-3-5-12(11)20-17/h2-8,24H,9H2,1H3,(H,19,20)(H,21,23)/b18-8-. The Bertz CT molecular complexity index is 1030. The summed E-state index contributed by atoms with van der Waals surface area (Å²) in [6, 6.07) is 10.0. The molecule has 2 aromatic carbocycles. The molecule has 0 saturated carbocycles. The third kappa shape index (κ3) is 4.38. The fourth-order valence-corrected chi connectivity index (χ4v) is 3.00. The molecular weight excluding hydrogens is 386 g/mol. The topological polar surface area (TPSA) is 143 Å². The molecule has 0 fully saturated rings. The van der Waals surface area contributed by atoms with E-state index in [1.54, 1.807) is 0 Å². The van der Waals surface area contributed by atoms with Crippen LogP contribution >= 0.6 is 11.8 Å². The Morgan fingerprint density at radius 3 is 2.96 bits per heavy atom. The third-order valence-corrected chi connectivity index (χ3v) is 4.48. The first-order valence-corrected chi connectivity index (χ1v) is 8.91. The van der Waals surface area contributed by atoms with Crippen molar-refractivity contribution in [2.45, 2.75) is 5.16 Å². The Balaban J connectivity index is 1.60. The number of hydrogen-bond acceptors (Lipinski definition) is 8. The van der Waals surface area contributed by atoms with Gasteiger partial charge < -0.3 is 14.8 Å². The molecule has 1 amide bonds. The molecule has 0 spiro atoms. The number of ether oxygens (including phenoxy) is 1. The number of amides is 1. The van der Waals surface area contributed by atoms with Crippen molar-refractivity contribution in [3.05, 3.63) is 52.1 Å². The maximum atomic E-state index is 11.9. The molecule has 0 radical (unpaired) electrons. The van der Waals surface area contributed by atoms with Gasteiger partial charge in [-0.25, -0.2) is 10.4 Å². The Morgan fingerprint density at radius 1 is 1.46 bits per heavy atom. The largest absolute Gasteiger partial charge is 0.500 e. The average molecular weight is 401 g/mol. The van der Waals surface area contributed by atoms with E-state index in [1.807, 2.05) is 24.3 Å². The lowest BCUT2D eigenvalue weighted by Gasteiger charge is -2.05. The number of hydrogen-bond donors (Lipinski definition) is 3. The molecule has 144 valence electrons. The van der Waals surface area contributed by atoms with E-state index in [2.05, 4.69) is 20.5 Å². The Labute approximate surface area is 162 Å². The molecule has 0 unspecified atom stereocenters. The number of hydrazone groups is 1. The van der Waals surface area contributed by atoms with Crippen molar-refractivity contribution in [3.63, 3.8) is 0 Å². The Morgan fingerprint density at radius 2 is 2.25 bits per heavy atom. The number of aromatic hydroxyl groups is 1. The highest BCUT2D eigenvalue weighted by molar-refractivity contribution is 7.99. The number of nitrogens with one attached hydrogen (secondary N) is 2. The van der Waals surface area contributed by atoms with Crippen molar-refractivity contribution in [1.82, 2.24) is 15.4 Å². The first-order valence-electron chi connectivity index (χ1n) is 7.92. The molecule has 3 aromatic rings. The second-order valence-electron chi connectivity index (χ2n) is 5.49. The summed E-state index contributed by atoms with van der Waals surface area (Å²) in [4.78, 5) is 29.6. The number of imidazole rings is 1. The van der Waals surface area contributed by atoms with Gasteiger partial charge in [0.25, 0.3) is 5.91 Å². The number of carbonyl (C=O) groups is 1. The highest BCUT2D eigenvalue weighted by Gasteiger charge is 2.19. The lowest BCUT2D eigenvalue weighted by molar-refractivity contribution is -0.386. The Hall–Kier alpha value is -3.60. The minimum absolute atomic E-state index is 0.0672. The van der Waals surface area contributed by atoms with Crippen molar-refractivity contribution in [2.24, 2.45) is 5.10 Å². The van der Waals surface area contributed by atoms with Gasteiger partial charge in [-0.15, -0.1) is 0 Å². The van der Waals surface area contributed by atoms with E-state index < -0.39 is 16.4 Å². The van der Waals surface area contributed by atoms with Crippen LogP contribution < -0.4 is 10.2 Å². The number of rotatable bonds is 7. The summed E-state index contributed by atoms with van der Waals surface area (Å²) in [6.45, 7) is 0. The highest BCUT2D eigenvalue weighted by Crippen LogP contribution is 2.36. The molecule has 3 N–H and O–H groups in total. The summed E-state index contributed by atoms with van der Waals surface area (Å²) in [7, 11) is 1.27. The summed E-state index contributed by atoms with van der Waals surface area (Å²) in [6.07, 6.45) is 1.22. The number of nitro groups is 1. The van der Waals surface area contributed by atoms with Gasteiger partial charge in [-0.1, -0.05) is 23.9 Å². The number of methoxy groups -OCH3 is 1. The van der Waals surface area contributed by atoms with Gasteiger partial charge in [-0.3, -0.25) is 14.9 Å². The maximum absolute atomic E-state index is 11.9. The fourth-order valence-electron chi connectivity index (χ4n) is 2.33. The number of aromatic nitrogens is 2. The predicted molar refractivity (Wildman–Crippen MR) is 104 cm³/mol. The van der Waals surface area contributed by atoms with E-state index in [9.17, 15) is 20.0 Å². The van der Waals surface area contributed by atoms with Crippen LogP contribution in [-0.4, -0.2) is 45.0 Å². The van der Waals surface area contributed by atoms with Gasteiger partial charge in [0.1, 0.15) is 0 Å². The zero-order valence-electron chi connectivity index (χ0n) is 14.6. The van der Waals surface area contributed by atoms with Crippen LogP contribution in [0.1, 0.15) is 5.56 Å². The van der Waals surface area contributed by atoms with Crippen molar-refractivity contribution < 1.29 is 19.6 Å². The molecule has 0 atom stereocenters. The van der Waals surface area contributed by atoms with Gasteiger partial charge >= 0.3 is 5.69 Å². The maximum Gasteiger partial charge on any atom is 0.315 e. The number of phenolic OH excluding ortho intramolecular Hbond substituents is 1. The number of para-hydroxylation sites is 2. The lowest BCUT2D eigenvalue weighted by atomic mass is 10.2. The van der Waals surface area contributed by atoms with E-state index in [4.69, 9.17) is 4.74 Å². The highest BCUT2D eigenvalue weighted by atomic mass is 32.2. The SMILES string of the molecule is COc1cc(/C=N\NC(=O)CSc2nc3ccccc3[nH]2)cc([N+](=O)[O-])c1O. The number of nitro benzene ring substituents is 1. The molecule has 1 heterocycles. The number of aromatic amines is 1. The van der Waals surface area contributed by atoms with E-state index >= 15 is 0 Å². The van der Waals surface area contributed by atoms with Gasteiger partial charge in [0.15, 0.2) is 10.9 Å². The van der Waals surface area contributed by atoms with E-state index in [0.29, 0.717) is 5.16 Å². The number of thioether (sulfide) groups is 1. The number of phenols is 1. The third-order valence-electron chi connectivity index (χ3n) is 3.60. The van der Waals surface area contributed by atoms with Crippen LogP contribution in [0.4, 0.5) is 5.69 Å². The van der Waals surface area contributed by atoms with Crippen LogP contribution in [0, 0.1) is 10.1 Å². The monoisotopic (exact) mass is 401 g/mol. The summed E-state index contributed by atoms with van der Waals surface area (Å²) >= 11 is 1.22. The lowest BCUT2D eigenvalue weighted by Crippen LogP contribution is -2.19. The first-order chi connectivity index (χ1) is 13.5. The molecule has 11 heteroatoms. The normalized spacial score (nSPS) is 11.0. The minimum atomic E-state index is -0.738. The van der Waals surface area contributed by atoms with Crippen molar-refractivity contribution >= 4 is 40.6 Å². The van der Waals surface area contributed by atoms with Gasteiger partial charge in [0, 0.05) is 11.6 Å². The van der Waals surface area contributed by atoms with Crippen molar-refractivity contribution in [1.29, 1.82) is 0 Å². The molecule has 0 aliphatic carbocycles. The second kappa shape index (κ2) is 8.39. The molecule has 3 rings (SSSR count). The predicted octanol–water partition coefficient (Wildman–Crippen LogP) is 2.43. The molecule has 0 bridgehead atoms. The van der Waals surface area contributed by atoms with Crippen LogP contribution in [0.2, 0.25) is 0 Å². The van der Waals surface area contributed by atoms with Crippen LogP contribution in [-0.2, 0) is 4.79 Å². The number of benzene rings is 2. The molecule has 0 aliphatic heterocycles. The van der Waals surface area contributed by atoms with Gasteiger partial charge in [0.05, 0.1) is 35.0 Å². The molecular formula is C17H15N5O5S. The molecule has 0 aliphatic rings. The number of carbonyl (C=O) groups excluding carboxylic acids is 1. The van der Waals surface area contributed by atoms with Crippen molar-refractivity contribution in [3.8, 4) is 11.5 Å². The van der Waals surface area contributed by atoms with Gasteiger partial charge in [-0.05, 0) is 18.2 Å². The van der Waals surface area contributed by atoms with Crippen LogP contribution in [0.15, 0.2) is 46.7 Å². The number of H-pyrrole nitrogens is 1. The van der Waals surface area contributed by atoms with E-state index in [-0.39, 0.29) is 23.0 Å². The number of fused-ring (bicyclic) bond motifs is 1. The van der Waals surface area contributed by atoms with Gasteiger partial charge in [-0.2, -0.15) is 5.10 Å². The smallest absolute Gasteiger partial charge is 0.315 e. The van der Waals surface area contributed by atoms with Crippen LogP contribution in [0.3, 0.4) is 0 Å². The average Bonchev–Trinajstić information content (AvgIpc) is 3.10. The van der Waals surface area contributed by atoms with Crippen LogP contribution in [0.25, 0.3) is 11.0 Å². The fraction of sp³-hybridized carbons (Fsp3) is 0.118. The minimum Gasteiger partial charge on any atom is -0.500 e. The van der Waals surface area contributed by atoms with E-state index in [1.165, 1.54) is 31.2 Å². The van der Waals surface area contributed by atoms with E-state index in [0.717, 1.165) is 17.1 Å². The van der Waals surface area contributed by atoms with Crippen LogP contribution in [0.5, 0.6) is 11.5 Å². The quantitative estimate of drug-likeness (QED) is 0.239. The van der Waals surface area contributed by atoms with Crippen molar-refractivity contribution in [2.75, 3.05) is 12.9 Å².